The Morgan fingerprint density at radius 3 is 2.59 bits per heavy atom. The van der Waals surface area contributed by atoms with Crippen molar-refractivity contribution in [2.75, 3.05) is 5.32 Å². The van der Waals surface area contributed by atoms with Crippen molar-refractivity contribution in [3.8, 4) is 0 Å². The van der Waals surface area contributed by atoms with Gasteiger partial charge in [-0.3, -0.25) is 19.7 Å². The van der Waals surface area contributed by atoms with Crippen molar-refractivity contribution < 1.29 is 19.2 Å². The molecule has 2 heterocycles. The van der Waals surface area contributed by atoms with Gasteiger partial charge in [-0.15, -0.1) is 5.10 Å². The molecule has 0 aliphatic carbocycles. The fourth-order valence-electron chi connectivity index (χ4n) is 3.00. The normalized spacial score (nSPS) is 15.1. The van der Waals surface area contributed by atoms with E-state index >= 15 is 0 Å². The van der Waals surface area contributed by atoms with Crippen molar-refractivity contribution in [2.45, 2.75) is 13.2 Å². The first-order chi connectivity index (χ1) is 15.3. The standard InChI is InChI=1S/C21H15ClN4O5S/c1-12(27)25-21(31-20(24-25)17-9-10-18(32-17)26(29)30)14-3-2-4-16(11-14)23-19(28)13-5-7-15(22)8-6-13/h2-11,21H,1H3,(H,23,28). The zero-order valence-corrected chi connectivity index (χ0v) is 18.1. The first-order valence-corrected chi connectivity index (χ1v) is 10.5. The highest BCUT2D eigenvalue weighted by atomic mass is 35.5. The number of ether oxygens (including phenoxy) is 1. The van der Waals surface area contributed by atoms with Gasteiger partial charge in [-0.05, 0) is 42.5 Å². The molecule has 9 nitrogen and oxygen atoms in total. The van der Waals surface area contributed by atoms with Crippen molar-refractivity contribution in [1.82, 2.24) is 5.01 Å². The van der Waals surface area contributed by atoms with Crippen molar-refractivity contribution in [3.63, 3.8) is 0 Å². The molecule has 32 heavy (non-hydrogen) atoms. The molecule has 0 saturated heterocycles. The summed E-state index contributed by atoms with van der Waals surface area (Å²) in [6.07, 6.45) is -0.879. The van der Waals surface area contributed by atoms with E-state index in [9.17, 15) is 19.7 Å². The molecule has 1 aromatic heterocycles. The number of nitrogens with zero attached hydrogens (tertiary/aromatic N) is 3. The van der Waals surface area contributed by atoms with Gasteiger partial charge in [0.05, 0.1) is 9.80 Å². The van der Waals surface area contributed by atoms with Gasteiger partial charge in [0.2, 0.25) is 12.1 Å². The van der Waals surface area contributed by atoms with Crippen LogP contribution in [0.2, 0.25) is 5.02 Å². The van der Waals surface area contributed by atoms with Gasteiger partial charge in [0, 0.05) is 34.8 Å². The number of hydrogen-bond acceptors (Lipinski definition) is 7. The second-order valence-corrected chi connectivity index (χ2v) is 8.22. The number of rotatable bonds is 5. The van der Waals surface area contributed by atoms with E-state index in [2.05, 4.69) is 10.4 Å². The minimum Gasteiger partial charge on any atom is -0.445 e. The van der Waals surface area contributed by atoms with Crippen LogP contribution in [0.4, 0.5) is 10.7 Å². The number of nitrogens with one attached hydrogen (secondary N) is 1. The lowest BCUT2D eigenvalue weighted by atomic mass is 10.1. The number of hydrazone groups is 1. The van der Waals surface area contributed by atoms with E-state index < -0.39 is 11.2 Å². The zero-order chi connectivity index (χ0) is 22.8. The highest BCUT2D eigenvalue weighted by Crippen LogP contribution is 2.34. The van der Waals surface area contributed by atoms with Crippen LogP contribution in [0, 0.1) is 10.1 Å². The molecule has 1 atom stereocenters. The highest BCUT2D eigenvalue weighted by Gasteiger charge is 2.34. The van der Waals surface area contributed by atoms with E-state index in [0.717, 1.165) is 16.3 Å². The summed E-state index contributed by atoms with van der Waals surface area (Å²) in [4.78, 5) is 35.5. The molecule has 1 N–H and O–H groups in total. The van der Waals surface area contributed by atoms with Crippen LogP contribution < -0.4 is 5.32 Å². The minimum atomic E-state index is -0.879. The number of anilines is 1. The van der Waals surface area contributed by atoms with Crippen LogP contribution in [-0.2, 0) is 9.53 Å². The Hall–Kier alpha value is -3.76. The summed E-state index contributed by atoms with van der Waals surface area (Å²) >= 11 is 6.76. The van der Waals surface area contributed by atoms with E-state index in [1.807, 2.05) is 0 Å². The summed E-state index contributed by atoms with van der Waals surface area (Å²) < 4.78 is 5.87. The molecule has 0 spiro atoms. The van der Waals surface area contributed by atoms with Crippen LogP contribution in [-0.4, -0.2) is 27.6 Å². The first-order valence-electron chi connectivity index (χ1n) is 9.28. The molecule has 162 valence electrons. The lowest BCUT2D eigenvalue weighted by molar-refractivity contribution is -0.380. The Balaban J connectivity index is 1.56. The third-order valence-corrected chi connectivity index (χ3v) is 5.76. The number of carbonyl (C=O) groups excluding carboxylic acids is 2. The van der Waals surface area contributed by atoms with Crippen LogP contribution in [0.3, 0.4) is 0 Å². The van der Waals surface area contributed by atoms with Gasteiger partial charge < -0.3 is 10.1 Å². The molecule has 4 rings (SSSR count). The van der Waals surface area contributed by atoms with E-state index in [1.54, 1.807) is 48.5 Å². The molecule has 2 amide bonds. The van der Waals surface area contributed by atoms with Crippen LogP contribution in [0.5, 0.6) is 0 Å². The second-order valence-electron chi connectivity index (χ2n) is 6.72. The second kappa shape index (κ2) is 8.77. The molecule has 0 fully saturated rings. The van der Waals surface area contributed by atoms with Crippen LogP contribution in [0.25, 0.3) is 0 Å². The fraction of sp³-hybridized carbons (Fsp3) is 0.0952. The number of nitro groups is 1. The van der Waals surface area contributed by atoms with Crippen LogP contribution in [0.1, 0.15) is 34.0 Å². The van der Waals surface area contributed by atoms with E-state index in [4.69, 9.17) is 16.3 Å². The van der Waals surface area contributed by atoms with Gasteiger partial charge in [-0.25, -0.2) is 0 Å². The lowest BCUT2D eigenvalue weighted by Crippen LogP contribution is -2.25. The van der Waals surface area contributed by atoms with Gasteiger partial charge in [0.25, 0.3) is 11.8 Å². The number of hydrogen-bond donors (Lipinski definition) is 1. The maximum absolute atomic E-state index is 12.5. The third-order valence-electron chi connectivity index (χ3n) is 4.49. The molecule has 3 aromatic rings. The lowest BCUT2D eigenvalue weighted by Gasteiger charge is -2.20. The van der Waals surface area contributed by atoms with Gasteiger partial charge >= 0.3 is 5.00 Å². The topological polar surface area (TPSA) is 114 Å². The molecule has 1 unspecified atom stereocenters. The van der Waals surface area contributed by atoms with Gasteiger partial charge in [0.15, 0.2) is 0 Å². The molecule has 11 heteroatoms. The number of halogens is 1. The number of carbonyl (C=O) groups is 2. The zero-order valence-electron chi connectivity index (χ0n) is 16.5. The SMILES string of the molecule is CC(=O)N1N=C(c2ccc([N+](=O)[O-])s2)OC1c1cccc(NC(=O)c2ccc(Cl)cc2)c1. The van der Waals surface area contributed by atoms with Crippen molar-refractivity contribution in [3.05, 3.63) is 91.8 Å². The summed E-state index contributed by atoms with van der Waals surface area (Å²) in [5.41, 5.74) is 1.50. The molecule has 1 aliphatic rings. The molecule has 2 aromatic carbocycles. The molecule has 0 bridgehead atoms. The summed E-state index contributed by atoms with van der Waals surface area (Å²) in [6.45, 7) is 1.34. The largest absolute Gasteiger partial charge is 0.445 e. The minimum absolute atomic E-state index is 0.0592. The summed E-state index contributed by atoms with van der Waals surface area (Å²) in [5.74, 6) is -0.581. The van der Waals surface area contributed by atoms with Crippen LogP contribution >= 0.6 is 22.9 Å². The van der Waals surface area contributed by atoms with Gasteiger partial charge in [0.1, 0.15) is 0 Å². The molecule has 0 radical (unpaired) electrons. The average molecular weight is 471 g/mol. The number of thiophene rings is 1. The molecular formula is C21H15ClN4O5S. The van der Waals surface area contributed by atoms with Gasteiger partial charge in [-0.1, -0.05) is 35.1 Å². The van der Waals surface area contributed by atoms with Crippen molar-refractivity contribution in [1.29, 1.82) is 0 Å². The Labute approximate surface area is 191 Å². The highest BCUT2D eigenvalue weighted by molar-refractivity contribution is 7.17. The summed E-state index contributed by atoms with van der Waals surface area (Å²) in [5, 5.41) is 19.6. The van der Waals surface area contributed by atoms with E-state index in [0.29, 0.717) is 26.7 Å². The maximum atomic E-state index is 12.5. The number of amides is 2. The molecule has 1 aliphatic heterocycles. The maximum Gasteiger partial charge on any atom is 0.324 e. The molecular weight excluding hydrogens is 456 g/mol. The molecule has 0 saturated carbocycles. The van der Waals surface area contributed by atoms with E-state index in [1.165, 1.54) is 19.1 Å². The van der Waals surface area contributed by atoms with Crippen molar-refractivity contribution >= 4 is 51.3 Å². The fourth-order valence-corrected chi connectivity index (χ4v) is 3.87. The Morgan fingerprint density at radius 1 is 1.19 bits per heavy atom. The van der Waals surface area contributed by atoms with Crippen LogP contribution in [0.15, 0.2) is 65.8 Å². The predicted octanol–water partition coefficient (Wildman–Crippen LogP) is 4.80. The van der Waals surface area contributed by atoms with Gasteiger partial charge in [-0.2, -0.15) is 5.01 Å². The summed E-state index contributed by atoms with van der Waals surface area (Å²) in [7, 11) is 0. The smallest absolute Gasteiger partial charge is 0.324 e. The third kappa shape index (κ3) is 4.46. The Morgan fingerprint density at radius 2 is 1.94 bits per heavy atom. The monoisotopic (exact) mass is 470 g/mol. The summed E-state index contributed by atoms with van der Waals surface area (Å²) in [6, 6.07) is 16.2. The quantitative estimate of drug-likeness (QED) is 0.425. The number of benzene rings is 2. The Kier molecular flexibility index (Phi) is 5.89. The average Bonchev–Trinajstić information content (AvgIpc) is 3.42. The first kappa shape index (κ1) is 21.5. The van der Waals surface area contributed by atoms with Crippen molar-refractivity contribution in [2.24, 2.45) is 5.10 Å². The Bertz CT molecular complexity index is 1240. The van der Waals surface area contributed by atoms with E-state index in [-0.39, 0.29) is 22.7 Å². The predicted molar refractivity (Wildman–Crippen MR) is 120 cm³/mol.